The van der Waals surface area contributed by atoms with Crippen LogP contribution in [0.4, 0.5) is 0 Å². The standard InChI is InChI=1S/C19H25NO/c1-4-19(3,21)14-20-15(2)16-10-12-18(13-11-16)17-8-6-5-7-9-17/h5-13,15,20-21H,4,14H2,1-3H3. The van der Waals surface area contributed by atoms with Gasteiger partial charge in [0, 0.05) is 12.6 Å². The van der Waals surface area contributed by atoms with Gasteiger partial charge in [0.2, 0.25) is 0 Å². The number of hydrogen-bond donors (Lipinski definition) is 2. The van der Waals surface area contributed by atoms with Gasteiger partial charge in [-0.2, -0.15) is 0 Å². The molecule has 0 aromatic heterocycles. The van der Waals surface area contributed by atoms with E-state index < -0.39 is 5.60 Å². The molecule has 2 heteroatoms. The van der Waals surface area contributed by atoms with Crippen LogP contribution in [0.2, 0.25) is 0 Å². The zero-order valence-electron chi connectivity index (χ0n) is 13.1. The van der Waals surface area contributed by atoms with Gasteiger partial charge in [0.15, 0.2) is 0 Å². The van der Waals surface area contributed by atoms with E-state index in [4.69, 9.17) is 0 Å². The molecule has 112 valence electrons. The Morgan fingerprint density at radius 3 is 2.14 bits per heavy atom. The molecule has 2 atom stereocenters. The lowest BCUT2D eigenvalue weighted by Gasteiger charge is -2.24. The van der Waals surface area contributed by atoms with Gasteiger partial charge in [0.05, 0.1) is 5.60 Å². The number of rotatable bonds is 6. The second kappa shape index (κ2) is 6.88. The summed E-state index contributed by atoms with van der Waals surface area (Å²) in [6.07, 6.45) is 0.750. The molecule has 2 nitrogen and oxygen atoms in total. The summed E-state index contributed by atoms with van der Waals surface area (Å²) in [5.41, 5.74) is 3.06. The lowest BCUT2D eigenvalue weighted by molar-refractivity contribution is 0.0533. The summed E-state index contributed by atoms with van der Waals surface area (Å²) in [4.78, 5) is 0. The Morgan fingerprint density at radius 1 is 1.00 bits per heavy atom. The minimum absolute atomic E-state index is 0.229. The van der Waals surface area contributed by atoms with E-state index in [1.54, 1.807) is 0 Å². The SMILES string of the molecule is CCC(C)(O)CNC(C)c1ccc(-c2ccccc2)cc1. The molecule has 21 heavy (non-hydrogen) atoms. The number of aliphatic hydroxyl groups is 1. The van der Waals surface area contributed by atoms with Crippen molar-refractivity contribution in [3.8, 4) is 11.1 Å². The second-order valence-corrected chi connectivity index (χ2v) is 5.94. The Balaban J connectivity index is 2.02. The van der Waals surface area contributed by atoms with Gasteiger partial charge in [0.1, 0.15) is 0 Å². The molecule has 2 aromatic carbocycles. The molecule has 2 N–H and O–H groups in total. The maximum absolute atomic E-state index is 10.0. The van der Waals surface area contributed by atoms with Crippen molar-refractivity contribution in [3.05, 3.63) is 60.2 Å². The van der Waals surface area contributed by atoms with Gasteiger partial charge in [-0.3, -0.25) is 0 Å². The predicted octanol–water partition coefficient (Wildman–Crippen LogP) is 4.17. The Morgan fingerprint density at radius 2 is 1.57 bits per heavy atom. The first-order chi connectivity index (χ1) is 10.0. The molecule has 0 radical (unpaired) electrons. The van der Waals surface area contributed by atoms with Gasteiger partial charge in [-0.1, -0.05) is 61.5 Å². The monoisotopic (exact) mass is 283 g/mol. The van der Waals surface area contributed by atoms with Gasteiger partial charge >= 0.3 is 0 Å². The average molecular weight is 283 g/mol. The van der Waals surface area contributed by atoms with Crippen LogP contribution in [0.15, 0.2) is 54.6 Å². The molecule has 0 saturated carbocycles. The van der Waals surface area contributed by atoms with Crippen molar-refractivity contribution < 1.29 is 5.11 Å². The molecule has 2 aromatic rings. The maximum atomic E-state index is 10.0. The average Bonchev–Trinajstić information content (AvgIpc) is 2.54. The molecular weight excluding hydrogens is 258 g/mol. The van der Waals surface area contributed by atoms with Crippen LogP contribution < -0.4 is 5.32 Å². The van der Waals surface area contributed by atoms with Crippen LogP contribution in [-0.2, 0) is 0 Å². The van der Waals surface area contributed by atoms with Gasteiger partial charge in [-0.05, 0) is 37.0 Å². The largest absolute Gasteiger partial charge is 0.389 e. The molecule has 0 aliphatic carbocycles. The quantitative estimate of drug-likeness (QED) is 0.834. The zero-order valence-corrected chi connectivity index (χ0v) is 13.1. The number of hydrogen-bond acceptors (Lipinski definition) is 2. The van der Waals surface area contributed by atoms with Crippen molar-refractivity contribution in [2.45, 2.75) is 38.8 Å². The van der Waals surface area contributed by atoms with Gasteiger partial charge < -0.3 is 10.4 Å². The highest BCUT2D eigenvalue weighted by molar-refractivity contribution is 5.63. The van der Waals surface area contributed by atoms with Crippen LogP contribution in [0.3, 0.4) is 0 Å². The van der Waals surface area contributed by atoms with Crippen molar-refractivity contribution in [2.24, 2.45) is 0 Å². The third-order valence-electron chi connectivity index (χ3n) is 4.07. The molecule has 0 aliphatic heterocycles. The molecule has 0 fully saturated rings. The molecule has 0 spiro atoms. The molecular formula is C19H25NO. The first kappa shape index (κ1) is 15.7. The maximum Gasteiger partial charge on any atom is 0.0741 e. The van der Waals surface area contributed by atoms with Crippen molar-refractivity contribution in [2.75, 3.05) is 6.54 Å². The highest BCUT2D eigenvalue weighted by Gasteiger charge is 2.18. The van der Waals surface area contributed by atoms with Crippen molar-refractivity contribution >= 4 is 0 Å². The lowest BCUT2D eigenvalue weighted by atomic mass is 10.00. The molecule has 2 rings (SSSR count). The summed E-state index contributed by atoms with van der Waals surface area (Å²) in [6, 6.07) is 19.2. The Labute approximate surface area is 127 Å². The minimum atomic E-state index is -0.641. The topological polar surface area (TPSA) is 32.3 Å². The highest BCUT2D eigenvalue weighted by atomic mass is 16.3. The Bertz CT molecular complexity index is 546. The van der Waals surface area contributed by atoms with Crippen LogP contribution >= 0.6 is 0 Å². The Hall–Kier alpha value is -1.64. The minimum Gasteiger partial charge on any atom is -0.389 e. The van der Waals surface area contributed by atoms with Crippen molar-refractivity contribution in [1.82, 2.24) is 5.32 Å². The first-order valence-corrected chi connectivity index (χ1v) is 7.63. The van der Waals surface area contributed by atoms with E-state index in [9.17, 15) is 5.11 Å². The van der Waals surface area contributed by atoms with Crippen LogP contribution in [0.1, 0.15) is 38.8 Å². The third-order valence-corrected chi connectivity index (χ3v) is 4.07. The van der Waals surface area contributed by atoms with Crippen LogP contribution in [0, 0.1) is 0 Å². The van der Waals surface area contributed by atoms with Crippen LogP contribution in [0.5, 0.6) is 0 Å². The van der Waals surface area contributed by atoms with E-state index in [2.05, 4.69) is 60.8 Å². The van der Waals surface area contributed by atoms with Crippen LogP contribution in [0.25, 0.3) is 11.1 Å². The van der Waals surface area contributed by atoms with E-state index in [-0.39, 0.29) is 6.04 Å². The number of nitrogens with one attached hydrogen (secondary N) is 1. The van der Waals surface area contributed by atoms with Gasteiger partial charge in [-0.25, -0.2) is 0 Å². The number of benzene rings is 2. The van der Waals surface area contributed by atoms with Crippen molar-refractivity contribution in [3.63, 3.8) is 0 Å². The molecule has 0 heterocycles. The third kappa shape index (κ3) is 4.42. The van der Waals surface area contributed by atoms with Gasteiger partial charge in [0.25, 0.3) is 0 Å². The smallest absolute Gasteiger partial charge is 0.0741 e. The first-order valence-electron chi connectivity index (χ1n) is 7.63. The summed E-state index contributed by atoms with van der Waals surface area (Å²) < 4.78 is 0. The summed E-state index contributed by atoms with van der Waals surface area (Å²) in [6.45, 7) is 6.60. The normalized spacial score (nSPS) is 15.4. The van der Waals surface area contributed by atoms with E-state index in [0.717, 1.165) is 6.42 Å². The van der Waals surface area contributed by atoms with Crippen molar-refractivity contribution in [1.29, 1.82) is 0 Å². The fourth-order valence-electron chi connectivity index (χ4n) is 2.21. The molecule has 0 bridgehead atoms. The summed E-state index contributed by atoms with van der Waals surface area (Å²) in [5, 5.41) is 13.4. The van der Waals surface area contributed by atoms with Gasteiger partial charge in [-0.15, -0.1) is 0 Å². The predicted molar refractivity (Wildman–Crippen MR) is 89.2 cm³/mol. The summed E-state index contributed by atoms with van der Waals surface area (Å²) in [5.74, 6) is 0. The fraction of sp³-hybridized carbons (Fsp3) is 0.368. The van der Waals surface area contributed by atoms with E-state index >= 15 is 0 Å². The summed E-state index contributed by atoms with van der Waals surface area (Å²) >= 11 is 0. The molecule has 2 unspecified atom stereocenters. The molecule has 0 aliphatic rings. The Kier molecular flexibility index (Phi) is 5.16. The second-order valence-electron chi connectivity index (χ2n) is 5.94. The van der Waals surface area contributed by atoms with E-state index in [1.807, 2.05) is 19.9 Å². The van der Waals surface area contributed by atoms with Crippen LogP contribution in [-0.4, -0.2) is 17.3 Å². The highest BCUT2D eigenvalue weighted by Crippen LogP contribution is 2.22. The fourth-order valence-corrected chi connectivity index (χ4v) is 2.21. The lowest BCUT2D eigenvalue weighted by Crippen LogP contribution is -2.38. The zero-order chi connectivity index (χ0) is 15.3. The molecule has 0 saturated heterocycles. The molecule has 0 amide bonds. The summed E-state index contributed by atoms with van der Waals surface area (Å²) in [7, 11) is 0. The van der Waals surface area contributed by atoms with E-state index in [0.29, 0.717) is 6.54 Å². The van der Waals surface area contributed by atoms with E-state index in [1.165, 1.54) is 16.7 Å².